The molecule has 2 aliphatic rings. The molecule has 300 valence electrons. The van der Waals surface area contributed by atoms with E-state index in [9.17, 15) is 28.8 Å². The normalized spacial score (nSPS) is 24.8. The van der Waals surface area contributed by atoms with Crippen LogP contribution in [0.25, 0.3) is 0 Å². The molecule has 2 saturated carbocycles. The van der Waals surface area contributed by atoms with Gasteiger partial charge in [0.05, 0.1) is 0 Å². The SMILES string of the molecule is C=CC(=O)OCCOC(=O)NCC1(C)CC(NC(=O)OC(C)COC(=O)NCC2(C)CC(NC(=O)OCCOC(=O)C=C)CC(C)(C)C2)CC(C)(C)C1. The standard InChI is InChI=1S/C37H60N4O12/c1-10-28(42)48-12-14-50-30(44)38-23-37(9)19-27(17-35(6,7)22-37)41-33(47)53-25(3)20-52-31(45)39-24-36(8)18-26(16-34(4,5)21-36)40-32(46)51-15-13-49-29(43)11-2/h10-11,25-27H,1-2,12-24H2,3-9H3,(H,38,44)(H,39,45)(H,40,46)(H,41,47). The Bertz CT molecular complexity index is 1320. The summed E-state index contributed by atoms with van der Waals surface area (Å²) in [5, 5.41) is 11.4. The van der Waals surface area contributed by atoms with E-state index in [2.05, 4.69) is 62.1 Å². The van der Waals surface area contributed by atoms with E-state index in [-0.39, 0.29) is 66.8 Å². The fourth-order valence-electron chi connectivity index (χ4n) is 7.90. The lowest BCUT2D eigenvalue weighted by Gasteiger charge is -2.46. The van der Waals surface area contributed by atoms with Gasteiger partial charge in [0, 0.05) is 37.3 Å². The molecule has 2 aliphatic carbocycles. The zero-order valence-electron chi connectivity index (χ0n) is 32.4. The maximum absolute atomic E-state index is 12.8. The molecule has 53 heavy (non-hydrogen) atoms. The number of carbonyl (C=O) groups is 6. The van der Waals surface area contributed by atoms with Gasteiger partial charge in [-0.25, -0.2) is 28.8 Å². The average Bonchev–Trinajstić information content (AvgIpc) is 3.03. The zero-order chi connectivity index (χ0) is 39.9. The molecule has 4 N–H and O–H groups in total. The second-order valence-electron chi connectivity index (χ2n) is 16.3. The molecule has 0 aromatic carbocycles. The Kier molecular flexibility index (Phi) is 16.9. The number of carbonyl (C=O) groups excluding carboxylic acids is 6. The Balaban J connectivity index is 1.77. The van der Waals surface area contributed by atoms with Crippen molar-refractivity contribution in [1.82, 2.24) is 21.3 Å². The summed E-state index contributed by atoms with van der Waals surface area (Å²) in [6.45, 7) is 20.8. The van der Waals surface area contributed by atoms with Gasteiger partial charge in [-0.1, -0.05) is 54.7 Å². The van der Waals surface area contributed by atoms with Crippen LogP contribution in [-0.2, 0) is 38.0 Å². The fraction of sp³-hybridized carbons (Fsp3) is 0.730. The van der Waals surface area contributed by atoms with Crippen molar-refractivity contribution in [3.05, 3.63) is 25.3 Å². The lowest BCUT2D eigenvalue weighted by molar-refractivity contribution is -0.139. The monoisotopic (exact) mass is 752 g/mol. The van der Waals surface area contributed by atoms with Crippen LogP contribution in [0.3, 0.4) is 0 Å². The van der Waals surface area contributed by atoms with Crippen LogP contribution in [0.2, 0.25) is 0 Å². The first-order valence-electron chi connectivity index (χ1n) is 18.0. The van der Waals surface area contributed by atoms with E-state index in [4.69, 9.17) is 28.4 Å². The van der Waals surface area contributed by atoms with Gasteiger partial charge in [-0.05, 0) is 67.1 Å². The first kappa shape index (κ1) is 44.7. The summed E-state index contributed by atoms with van der Waals surface area (Å²) >= 11 is 0. The minimum absolute atomic E-state index is 0.0779. The van der Waals surface area contributed by atoms with Crippen LogP contribution in [0.15, 0.2) is 25.3 Å². The highest BCUT2D eigenvalue weighted by atomic mass is 16.6. The summed E-state index contributed by atoms with van der Waals surface area (Å²) in [6, 6.07) is -0.435. The van der Waals surface area contributed by atoms with E-state index in [0.29, 0.717) is 38.8 Å². The minimum Gasteiger partial charge on any atom is -0.459 e. The molecule has 0 spiro atoms. The van der Waals surface area contributed by atoms with Gasteiger partial charge in [0.15, 0.2) is 0 Å². The first-order chi connectivity index (χ1) is 24.7. The lowest BCUT2D eigenvalue weighted by Crippen LogP contribution is -2.51. The highest BCUT2D eigenvalue weighted by molar-refractivity contribution is 5.81. The third kappa shape index (κ3) is 17.7. The molecule has 16 nitrogen and oxygen atoms in total. The smallest absolute Gasteiger partial charge is 0.407 e. The number of amides is 4. The fourth-order valence-corrected chi connectivity index (χ4v) is 7.90. The summed E-state index contributed by atoms with van der Waals surface area (Å²) in [4.78, 5) is 72.3. The van der Waals surface area contributed by atoms with Crippen LogP contribution in [-0.4, -0.2) is 101 Å². The minimum atomic E-state index is -0.727. The summed E-state index contributed by atoms with van der Waals surface area (Å²) in [7, 11) is 0. The van der Waals surface area contributed by atoms with Gasteiger partial charge in [0.25, 0.3) is 0 Å². The van der Waals surface area contributed by atoms with Crippen molar-refractivity contribution in [2.75, 3.05) is 46.1 Å². The molecule has 0 heterocycles. The molecule has 4 amide bonds. The summed E-state index contributed by atoms with van der Waals surface area (Å²) in [5.41, 5.74) is -0.993. The van der Waals surface area contributed by atoms with Gasteiger partial charge in [0.1, 0.15) is 39.1 Å². The molecule has 5 unspecified atom stereocenters. The van der Waals surface area contributed by atoms with Crippen LogP contribution >= 0.6 is 0 Å². The molecule has 2 rings (SSSR count). The van der Waals surface area contributed by atoms with Crippen molar-refractivity contribution < 1.29 is 57.2 Å². The van der Waals surface area contributed by atoms with Crippen molar-refractivity contribution in [3.63, 3.8) is 0 Å². The number of hydrogen-bond acceptors (Lipinski definition) is 12. The van der Waals surface area contributed by atoms with Crippen LogP contribution in [0.4, 0.5) is 19.2 Å². The van der Waals surface area contributed by atoms with Gasteiger partial charge in [-0.2, -0.15) is 0 Å². The van der Waals surface area contributed by atoms with Crippen LogP contribution in [0.5, 0.6) is 0 Å². The van der Waals surface area contributed by atoms with E-state index < -0.39 is 42.4 Å². The van der Waals surface area contributed by atoms with E-state index in [1.54, 1.807) is 6.92 Å². The molecule has 16 heteroatoms. The van der Waals surface area contributed by atoms with Gasteiger partial charge in [-0.3, -0.25) is 0 Å². The van der Waals surface area contributed by atoms with Gasteiger partial charge in [0.2, 0.25) is 0 Å². The van der Waals surface area contributed by atoms with Crippen LogP contribution in [0, 0.1) is 21.7 Å². The van der Waals surface area contributed by atoms with Gasteiger partial charge >= 0.3 is 36.3 Å². The Morgan fingerprint density at radius 2 is 1.00 bits per heavy atom. The summed E-state index contributed by atoms with van der Waals surface area (Å²) in [6.07, 6.45) is 2.94. The van der Waals surface area contributed by atoms with Crippen molar-refractivity contribution in [2.24, 2.45) is 21.7 Å². The Labute approximate surface area is 312 Å². The second kappa shape index (κ2) is 20.1. The maximum Gasteiger partial charge on any atom is 0.407 e. The second-order valence-corrected chi connectivity index (χ2v) is 16.3. The molecule has 2 fully saturated rings. The Hall–Kier alpha value is -4.50. The third-order valence-corrected chi connectivity index (χ3v) is 9.06. The number of alkyl carbamates (subject to hydrolysis) is 4. The predicted molar refractivity (Wildman–Crippen MR) is 194 cm³/mol. The molecular weight excluding hydrogens is 692 g/mol. The van der Waals surface area contributed by atoms with E-state index >= 15 is 0 Å². The van der Waals surface area contributed by atoms with E-state index in [1.807, 2.05) is 13.8 Å². The first-order valence-corrected chi connectivity index (χ1v) is 18.0. The van der Waals surface area contributed by atoms with E-state index in [1.165, 1.54) is 0 Å². The van der Waals surface area contributed by atoms with Gasteiger partial charge in [-0.15, -0.1) is 0 Å². The van der Waals surface area contributed by atoms with Crippen LogP contribution in [0.1, 0.15) is 87.0 Å². The van der Waals surface area contributed by atoms with Gasteiger partial charge < -0.3 is 49.7 Å². The van der Waals surface area contributed by atoms with Crippen molar-refractivity contribution in [2.45, 2.75) is 105 Å². The number of esters is 2. The van der Waals surface area contributed by atoms with Crippen molar-refractivity contribution >= 4 is 36.3 Å². The van der Waals surface area contributed by atoms with Crippen molar-refractivity contribution in [1.29, 1.82) is 0 Å². The lowest BCUT2D eigenvalue weighted by atomic mass is 9.62. The third-order valence-electron chi connectivity index (χ3n) is 9.06. The molecule has 0 aromatic heterocycles. The zero-order valence-corrected chi connectivity index (χ0v) is 32.4. The van der Waals surface area contributed by atoms with Crippen molar-refractivity contribution in [3.8, 4) is 0 Å². The maximum atomic E-state index is 12.8. The average molecular weight is 753 g/mol. The molecule has 0 saturated heterocycles. The molecule has 0 aromatic rings. The molecule has 0 radical (unpaired) electrons. The molecular formula is C37H60N4O12. The summed E-state index contributed by atoms with van der Waals surface area (Å²) in [5.74, 6) is -1.20. The Morgan fingerprint density at radius 3 is 1.45 bits per heavy atom. The summed E-state index contributed by atoms with van der Waals surface area (Å²) < 4.78 is 30.7. The highest BCUT2D eigenvalue weighted by Gasteiger charge is 2.43. The molecule has 0 bridgehead atoms. The van der Waals surface area contributed by atoms with E-state index in [0.717, 1.165) is 25.0 Å². The van der Waals surface area contributed by atoms with Crippen LogP contribution < -0.4 is 21.3 Å². The Morgan fingerprint density at radius 1 is 0.604 bits per heavy atom. The molecule has 0 aliphatic heterocycles. The number of nitrogens with one attached hydrogen (secondary N) is 4. The topological polar surface area (TPSA) is 206 Å². The molecule has 5 atom stereocenters. The number of hydrogen-bond donors (Lipinski definition) is 4. The predicted octanol–water partition coefficient (Wildman–Crippen LogP) is 4.91. The highest BCUT2D eigenvalue weighted by Crippen LogP contribution is 2.47. The quantitative estimate of drug-likeness (QED) is 0.0677. The number of ether oxygens (including phenoxy) is 6. The largest absolute Gasteiger partial charge is 0.459 e. The number of rotatable bonds is 17.